The first-order valence-electron chi connectivity index (χ1n) is 3.38. The minimum atomic E-state index is -3.73. The minimum absolute atomic E-state index is 0.0809. The van der Waals surface area contributed by atoms with Crippen molar-refractivity contribution < 1.29 is 13.2 Å². The van der Waals surface area contributed by atoms with E-state index in [1.807, 2.05) is 0 Å². The lowest BCUT2D eigenvalue weighted by Crippen LogP contribution is -2.40. The Morgan fingerprint density at radius 1 is 1.31 bits per heavy atom. The maximum absolute atomic E-state index is 11.1. The number of carbonyl (C=O) groups is 1. The number of anilines is 1. The van der Waals surface area contributed by atoms with E-state index in [-0.39, 0.29) is 11.4 Å². The Bertz CT molecular complexity index is 468. The maximum atomic E-state index is 11.1. The summed E-state index contributed by atoms with van der Waals surface area (Å²) in [5.74, 6) is -0.714. The molecule has 2 N–H and O–H groups in total. The predicted molar refractivity (Wildman–Crippen MR) is 44.2 cm³/mol. The molecule has 1 amide bonds. The molecule has 0 unspecified atom stereocenters. The van der Waals surface area contributed by atoms with Gasteiger partial charge in [0.2, 0.25) is 0 Å². The Balaban J connectivity index is 2.61. The zero-order chi connectivity index (χ0) is 9.47. The first-order valence-corrected chi connectivity index (χ1v) is 4.87. The predicted octanol–water partition coefficient (Wildman–Crippen LogP) is -0.518. The fourth-order valence-electron chi connectivity index (χ4n) is 1.01. The lowest BCUT2D eigenvalue weighted by Gasteiger charge is -2.16. The van der Waals surface area contributed by atoms with E-state index in [1.165, 1.54) is 12.3 Å². The number of nitrogens with one attached hydrogen (secondary N) is 2. The second kappa shape index (κ2) is 2.43. The van der Waals surface area contributed by atoms with Gasteiger partial charge in [-0.2, -0.15) is 8.42 Å². The van der Waals surface area contributed by atoms with Gasteiger partial charge in [0.15, 0.2) is 5.69 Å². The average molecular weight is 199 g/mol. The number of nitrogens with zero attached hydrogens (tertiary/aromatic N) is 1. The van der Waals surface area contributed by atoms with E-state index in [0.717, 1.165) is 0 Å². The van der Waals surface area contributed by atoms with Gasteiger partial charge in [-0.1, -0.05) is 0 Å². The molecule has 2 rings (SSSR count). The molecule has 0 aromatic carbocycles. The van der Waals surface area contributed by atoms with Gasteiger partial charge in [0, 0.05) is 6.20 Å². The SMILES string of the molecule is O=C1NS(=O)(=O)Nc2cccnc21. The summed E-state index contributed by atoms with van der Waals surface area (Å²) in [6.07, 6.45) is 1.41. The molecule has 0 fully saturated rings. The van der Waals surface area contributed by atoms with Crippen LogP contribution < -0.4 is 9.44 Å². The zero-order valence-electron chi connectivity index (χ0n) is 6.31. The second-order valence-electron chi connectivity index (χ2n) is 2.44. The molecule has 0 spiro atoms. The van der Waals surface area contributed by atoms with Crippen LogP contribution in [0.2, 0.25) is 0 Å². The second-order valence-corrected chi connectivity index (χ2v) is 3.85. The molecule has 68 valence electrons. The summed E-state index contributed by atoms with van der Waals surface area (Å²) in [6, 6.07) is 3.01. The standard InChI is InChI=1S/C6H5N3O3S/c10-6-5-4(2-1-3-7-5)8-13(11,12)9-6/h1-3,8H,(H,9,10). The number of carbonyl (C=O) groups excluding carboxylic acids is 1. The van der Waals surface area contributed by atoms with E-state index in [1.54, 1.807) is 10.8 Å². The molecule has 0 atom stereocenters. The van der Waals surface area contributed by atoms with Gasteiger partial charge in [0.1, 0.15) is 0 Å². The van der Waals surface area contributed by atoms with Crippen LogP contribution in [-0.2, 0) is 10.2 Å². The molecule has 1 aromatic heterocycles. The van der Waals surface area contributed by atoms with Gasteiger partial charge in [0.05, 0.1) is 5.69 Å². The summed E-state index contributed by atoms with van der Waals surface area (Å²) in [7, 11) is -3.73. The molecule has 13 heavy (non-hydrogen) atoms. The van der Waals surface area contributed by atoms with E-state index >= 15 is 0 Å². The molecule has 0 saturated carbocycles. The van der Waals surface area contributed by atoms with Gasteiger partial charge in [-0.3, -0.25) is 9.52 Å². The smallest absolute Gasteiger partial charge is 0.266 e. The highest BCUT2D eigenvalue weighted by Crippen LogP contribution is 2.17. The fourth-order valence-corrected chi connectivity index (χ4v) is 1.86. The van der Waals surface area contributed by atoms with Crippen LogP contribution in [0.15, 0.2) is 18.3 Å². The maximum Gasteiger partial charge on any atom is 0.324 e. The Morgan fingerprint density at radius 2 is 2.08 bits per heavy atom. The molecule has 0 aliphatic carbocycles. The zero-order valence-corrected chi connectivity index (χ0v) is 7.13. The van der Waals surface area contributed by atoms with Crippen LogP contribution in [0.1, 0.15) is 10.5 Å². The van der Waals surface area contributed by atoms with Gasteiger partial charge in [0.25, 0.3) is 5.91 Å². The van der Waals surface area contributed by atoms with Crippen molar-refractivity contribution in [1.82, 2.24) is 9.71 Å². The molecule has 7 heteroatoms. The van der Waals surface area contributed by atoms with Crippen LogP contribution in [0.4, 0.5) is 5.69 Å². The molecule has 0 bridgehead atoms. The molecule has 6 nitrogen and oxygen atoms in total. The van der Waals surface area contributed by atoms with Crippen LogP contribution >= 0.6 is 0 Å². The third kappa shape index (κ3) is 1.33. The van der Waals surface area contributed by atoms with Gasteiger partial charge >= 0.3 is 10.2 Å². The lowest BCUT2D eigenvalue weighted by molar-refractivity contribution is 0.0976. The third-order valence-electron chi connectivity index (χ3n) is 1.49. The topological polar surface area (TPSA) is 88.2 Å². The average Bonchev–Trinajstić information content (AvgIpc) is 2.02. The first-order chi connectivity index (χ1) is 6.08. The largest absolute Gasteiger partial charge is 0.324 e. The Labute approximate surface area is 74.2 Å². The summed E-state index contributed by atoms with van der Waals surface area (Å²) in [4.78, 5) is 14.8. The molecule has 2 heterocycles. The Hall–Kier alpha value is -1.63. The summed E-state index contributed by atoms with van der Waals surface area (Å²) >= 11 is 0. The van der Waals surface area contributed by atoms with E-state index in [9.17, 15) is 13.2 Å². The highest BCUT2D eigenvalue weighted by Gasteiger charge is 2.26. The number of hydrogen-bond donors (Lipinski definition) is 2. The van der Waals surface area contributed by atoms with Crippen molar-refractivity contribution in [2.45, 2.75) is 0 Å². The summed E-state index contributed by atoms with van der Waals surface area (Å²) in [6.45, 7) is 0. The lowest BCUT2D eigenvalue weighted by atomic mass is 10.3. The molecule has 1 aliphatic heterocycles. The molecular weight excluding hydrogens is 194 g/mol. The highest BCUT2D eigenvalue weighted by molar-refractivity contribution is 7.91. The van der Waals surface area contributed by atoms with Gasteiger partial charge in [-0.15, -0.1) is 0 Å². The number of aromatic nitrogens is 1. The van der Waals surface area contributed by atoms with Crippen molar-refractivity contribution in [3.05, 3.63) is 24.0 Å². The fraction of sp³-hybridized carbons (Fsp3) is 0. The quantitative estimate of drug-likeness (QED) is 0.588. The number of hydrogen-bond acceptors (Lipinski definition) is 4. The van der Waals surface area contributed by atoms with Gasteiger partial charge in [-0.25, -0.2) is 9.71 Å². The number of amides is 1. The van der Waals surface area contributed by atoms with Crippen LogP contribution in [0, 0.1) is 0 Å². The van der Waals surface area contributed by atoms with Crippen LogP contribution in [0.25, 0.3) is 0 Å². The number of rotatable bonds is 0. The van der Waals surface area contributed by atoms with Crippen molar-refractivity contribution in [2.75, 3.05) is 4.72 Å². The highest BCUT2D eigenvalue weighted by atomic mass is 32.2. The summed E-state index contributed by atoms with van der Waals surface area (Å²) in [5.41, 5.74) is 0.281. The Morgan fingerprint density at radius 3 is 2.85 bits per heavy atom. The first kappa shape index (κ1) is 7.99. The summed E-state index contributed by atoms with van der Waals surface area (Å²) < 4.78 is 25.8. The van der Waals surface area contributed by atoms with Crippen molar-refractivity contribution in [1.29, 1.82) is 0 Å². The van der Waals surface area contributed by atoms with Crippen molar-refractivity contribution in [2.24, 2.45) is 0 Å². The third-order valence-corrected chi connectivity index (χ3v) is 2.44. The van der Waals surface area contributed by atoms with Gasteiger partial charge < -0.3 is 0 Å². The van der Waals surface area contributed by atoms with Crippen LogP contribution in [0.3, 0.4) is 0 Å². The van der Waals surface area contributed by atoms with Crippen molar-refractivity contribution in [3.8, 4) is 0 Å². The molecule has 0 radical (unpaired) electrons. The van der Waals surface area contributed by atoms with E-state index < -0.39 is 16.1 Å². The van der Waals surface area contributed by atoms with Crippen LogP contribution in [-0.4, -0.2) is 19.3 Å². The van der Waals surface area contributed by atoms with Crippen LogP contribution in [0.5, 0.6) is 0 Å². The Kier molecular flexibility index (Phi) is 1.49. The number of fused-ring (bicyclic) bond motifs is 1. The minimum Gasteiger partial charge on any atom is -0.266 e. The molecule has 1 aliphatic rings. The molecular formula is C6H5N3O3S. The van der Waals surface area contributed by atoms with Crippen molar-refractivity contribution >= 4 is 21.8 Å². The molecule has 1 aromatic rings. The van der Waals surface area contributed by atoms with E-state index in [4.69, 9.17) is 0 Å². The summed E-state index contributed by atoms with van der Waals surface area (Å²) in [5, 5.41) is 0. The normalized spacial score (nSPS) is 18.3. The monoisotopic (exact) mass is 199 g/mol. The van der Waals surface area contributed by atoms with Crippen molar-refractivity contribution in [3.63, 3.8) is 0 Å². The van der Waals surface area contributed by atoms with E-state index in [2.05, 4.69) is 9.71 Å². The van der Waals surface area contributed by atoms with E-state index in [0.29, 0.717) is 0 Å². The van der Waals surface area contributed by atoms with Gasteiger partial charge in [-0.05, 0) is 12.1 Å². The molecule has 0 saturated heterocycles. The number of pyridine rings is 1.